The van der Waals surface area contributed by atoms with Crippen molar-refractivity contribution in [2.45, 2.75) is 25.7 Å². The molecule has 0 heterocycles. The van der Waals surface area contributed by atoms with Crippen LogP contribution in [-0.4, -0.2) is 29.8 Å². The van der Waals surface area contributed by atoms with E-state index in [-0.39, 0.29) is 5.91 Å². The largest absolute Gasteiger partial charge is 0.356 e. The van der Waals surface area contributed by atoms with Gasteiger partial charge in [-0.2, -0.15) is 11.8 Å². The molecule has 1 saturated carbocycles. The molecule has 0 aromatic carbocycles. The van der Waals surface area contributed by atoms with Crippen molar-refractivity contribution in [2.24, 2.45) is 5.41 Å². The summed E-state index contributed by atoms with van der Waals surface area (Å²) in [7, 11) is 0. The highest BCUT2D eigenvalue weighted by Crippen LogP contribution is 2.48. The van der Waals surface area contributed by atoms with Crippen LogP contribution in [0.2, 0.25) is 0 Å². The third kappa shape index (κ3) is 4.22. The Morgan fingerprint density at radius 3 is 2.79 bits per heavy atom. The Bertz CT molecular complexity index is 195. The van der Waals surface area contributed by atoms with Gasteiger partial charge in [0.2, 0.25) is 5.91 Å². The van der Waals surface area contributed by atoms with E-state index in [4.69, 9.17) is 0 Å². The van der Waals surface area contributed by atoms with Crippen LogP contribution in [0.5, 0.6) is 0 Å². The summed E-state index contributed by atoms with van der Waals surface area (Å²) in [5, 5.41) is 4.08. The molecule has 0 saturated heterocycles. The first-order valence-electron chi connectivity index (χ1n) is 5.04. The average molecular weight is 280 g/mol. The molecule has 0 spiro atoms. The van der Waals surface area contributed by atoms with Crippen molar-refractivity contribution in [1.82, 2.24) is 5.32 Å². The minimum absolute atomic E-state index is 0.209. The highest BCUT2D eigenvalue weighted by molar-refractivity contribution is 9.09. The monoisotopic (exact) mass is 279 g/mol. The van der Waals surface area contributed by atoms with Gasteiger partial charge in [0.25, 0.3) is 0 Å². The van der Waals surface area contributed by atoms with Crippen molar-refractivity contribution in [3.63, 3.8) is 0 Å². The number of carbonyl (C=O) groups is 1. The molecular formula is C10H18BrNOS. The lowest BCUT2D eigenvalue weighted by Crippen LogP contribution is -2.30. The molecule has 0 radical (unpaired) electrons. The van der Waals surface area contributed by atoms with Gasteiger partial charge in [-0.05, 0) is 30.9 Å². The fourth-order valence-electron chi connectivity index (χ4n) is 1.46. The SMILES string of the molecule is CSCCC(=O)NCC1(CCBr)CC1. The van der Waals surface area contributed by atoms with E-state index in [1.54, 1.807) is 11.8 Å². The number of hydrogen-bond donors (Lipinski definition) is 1. The summed E-state index contributed by atoms with van der Waals surface area (Å²) in [6.45, 7) is 0.881. The molecule has 0 bridgehead atoms. The number of hydrogen-bond acceptors (Lipinski definition) is 2. The molecule has 14 heavy (non-hydrogen) atoms. The second-order valence-electron chi connectivity index (χ2n) is 3.96. The number of alkyl halides is 1. The Hall–Kier alpha value is 0.300. The summed E-state index contributed by atoms with van der Waals surface area (Å²) in [6, 6.07) is 0. The standard InChI is InChI=1S/C10H18BrNOS/c1-14-7-2-9(13)12-8-10(3-4-10)5-6-11/h2-8H2,1H3,(H,12,13). The quantitative estimate of drug-likeness (QED) is 0.726. The van der Waals surface area contributed by atoms with Crippen molar-refractivity contribution in [1.29, 1.82) is 0 Å². The normalized spacial score (nSPS) is 17.9. The van der Waals surface area contributed by atoms with Crippen molar-refractivity contribution in [3.8, 4) is 0 Å². The number of carbonyl (C=O) groups excluding carboxylic acids is 1. The third-order valence-corrected chi connectivity index (χ3v) is 3.78. The highest BCUT2D eigenvalue weighted by atomic mass is 79.9. The zero-order chi connectivity index (χ0) is 10.4. The van der Waals surface area contributed by atoms with Crippen molar-refractivity contribution in [3.05, 3.63) is 0 Å². The molecular weight excluding hydrogens is 262 g/mol. The summed E-state index contributed by atoms with van der Waals surface area (Å²) in [6.07, 6.45) is 6.44. The number of amides is 1. The summed E-state index contributed by atoms with van der Waals surface area (Å²) in [5.41, 5.74) is 0.443. The minimum Gasteiger partial charge on any atom is -0.356 e. The van der Waals surface area contributed by atoms with Crippen LogP contribution in [0.25, 0.3) is 0 Å². The van der Waals surface area contributed by atoms with Crippen LogP contribution in [0, 0.1) is 5.41 Å². The topological polar surface area (TPSA) is 29.1 Å². The molecule has 0 atom stereocenters. The van der Waals surface area contributed by atoms with Crippen molar-refractivity contribution < 1.29 is 4.79 Å². The van der Waals surface area contributed by atoms with Gasteiger partial charge in [-0.3, -0.25) is 4.79 Å². The van der Waals surface area contributed by atoms with Gasteiger partial charge in [0.1, 0.15) is 0 Å². The van der Waals surface area contributed by atoms with Gasteiger partial charge in [0.15, 0.2) is 0 Å². The van der Waals surface area contributed by atoms with E-state index >= 15 is 0 Å². The zero-order valence-corrected chi connectivity index (χ0v) is 11.0. The van der Waals surface area contributed by atoms with E-state index < -0.39 is 0 Å². The molecule has 1 N–H and O–H groups in total. The summed E-state index contributed by atoms with van der Waals surface area (Å²) >= 11 is 5.18. The zero-order valence-electron chi connectivity index (χ0n) is 8.64. The van der Waals surface area contributed by atoms with Crippen LogP contribution < -0.4 is 5.32 Å². The molecule has 0 aromatic heterocycles. The Kier molecular flexibility index (Phi) is 5.31. The van der Waals surface area contributed by atoms with E-state index in [1.807, 2.05) is 6.26 Å². The third-order valence-electron chi connectivity index (χ3n) is 2.78. The van der Waals surface area contributed by atoms with Crippen LogP contribution in [0.15, 0.2) is 0 Å². The van der Waals surface area contributed by atoms with Crippen LogP contribution in [0.1, 0.15) is 25.7 Å². The van der Waals surface area contributed by atoms with Crippen LogP contribution in [0.3, 0.4) is 0 Å². The molecule has 2 nitrogen and oxygen atoms in total. The van der Waals surface area contributed by atoms with Crippen molar-refractivity contribution in [2.75, 3.05) is 23.9 Å². The molecule has 82 valence electrons. The molecule has 1 amide bonds. The van der Waals surface area contributed by atoms with Crippen molar-refractivity contribution >= 4 is 33.6 Å². The Morgan fingerprint density at radius 1 is 1.57 bits per heavy atom. The number of halogens is 1. The fraction of sp³-hybridized carbons (Fsp3) is 0.900. The first-order chi connectivity index (χ1) is 6.72. The van der Waals surface area contributed by atoms with E-state index in [0.717, 1.165) is 17.6 Å². The maximum Gasteiger partial charge on any atom is 0.220 e. The second-order valence-corrected chi connectivity index (χ2v) is 5.74. The number of rotatable bonds is 7. The van der Waals surface area contributed by atoms with Gasteiger partial charge < -0.3 is 5.32 Å². The van der Waals surface area contributed by atoms with E-state index in [9.17, 15) is 4.79 Å². The van der Waals surface area contributed by atoms with Crippen LogP contribution in [-0.2, 0) is 4.79 Å². The van der Waals surface area contributed by atoms with Gasteiger partial charge in [0, 0.05) is 24.0 Å². The number of thioether (sulfide) groups is 1. The molecule has 1 rings (SSSR count). The first kappa shape index (κ1) is 12.4. The summed E-state index contributed by atoms with van der Waals surface area (Å²) in [5.74, 6) is 1.14. The molecule has 0 unspecified atom stereocenters. The Morgan fingerprint density at radius 2 is 2.29 bits per heavy atom. The van der Waals surface area contributed by atoms with Gasteiger partial charge >= 0.3 is 0 Å². The van der Waals surface area contributed by atoms with Gasteiger partial charge in [-0.15, -0.1) is 0 Å². The first-order valence-corrected chi connectivity index (χ1v) is 7.55. The predicted octanol–water partition coefficient (Wildman–Crippen LogP) is 2.42. The van der Waals surface area contributed by atoms with Gasteiger partial charge in [0.05, 0.1) is 0 Å². The summed E-state index contributed by atoms with van der Waals surface area (Å²) in [4.78, 5) is 11.3. The second kappa shape index (κ2) is 6.01. The fourth-order valence-corrected chi connectivity index (χ4v) is 2.69. The average Bonchev–Trinajstić information content (AvgIpc) is 2.93. The van der Waals surface area contributed by atoms with Crippen LogP contribution >= 0.6 is 27.7 Å². The highest BCUT2D eigenvalue weighted by Gasteiger charge is 2.41. The van der Waals surface area contributed by atoms with Crippen LogP contribution in [0.4, 0.5) is 0 Å². The lowest BCUT2D eigenvalue weighted by atomic mass is 10.0. The lowest BCUT2D eigenvalue weighted by Gasteiger charge is -2.14. The molecule has 1 aliphatic rings. The molecule has 0 aromatic rings. The molecule has 1 fully saturated rings. The maximum atomic E-state index is 11.3. The molecule has 4 heteroatoms. The maximum absolute atomic E-state index is 11.3. The lowest BCUT2D eigenvalue weighted by molar-refractivity contribution is -0.120. The van der Waals surface area contributed by atoms with E-state index in [0.29, 0.717) is 11.8 Å². The Balaban J connectivity index is 2.10. The minimum atomic E-state index is 0.209. The number of nitrogens with one attached hydrogen (secondary N) is 1. The molecule has 1 aliphatic carbocycles. The molecule has 0 aliphatic heterocycles. The van der Waals surface area contributed by atoms with Gasteiger partial charge in [-0.1, -0.05) is 15.9 Å². The smallest absolute Gasteiger partial charge is 0.220 e. The van der Waals surface area contributed by atoms with Gasteiger partial charge in [-0.25, -0.2) is 0 Å². The summed E-state index contributed by atoms with van der Waals surface area (Å²) < 4.78 is 0. The Labute approximate surface area is 98.7 Å². The van der Waals surface area contributed by atoms with E-state index in [2.05, 4.69) is 21.2 Å². The van der Waals surface area contributed by atoms with E-state index in [1.165, 1.54) is 19.3 Å². The predicted molar refractivity (Wildman–Crippen MR) is 66.1 cm³/mol.